The minimum Gasteiger partial charge on any atom is -0.361 e. The fourth-order valence-electron chi connectivity index (χ4n) is 4.74. The maximum absolute atomic E-state index is 9.74. The van der Waals surface area contributed by atoms with Gasteiger partial charge in [-0.1, -0.05) is 42.8 Å². The molecule has 2 aromatic heterocycles. The number of aromatic nitrogens is 2. The SMILES string of the molecule is Cc1c(Nc2c(C#N)cncc2C=Cc2cccc(CN3CCCCC3)c2)ccc2[nH]ccc12. The number of H-pyrrole nitrogens is 1. The van der Waals surface area contributed by atoms with Crippen LogP contribution >= 0.6 is 0 Å². The molecule has 0 bridgehead atoms. The summed E-state index contributed by atoms with van der Waals surface area (Å²) in [5.74, 6) is 0. The van der Waals surface area contributed by atoms with E-state index < -0.39 is 0 Å². The first-order chi connectivity index (χ1) is 16.7. The van der Waals surface area contributed by atoms with Crippen molar-refractivity contribution in [1.29, 1.82) is 5.26 Å². The zero-order chi connectivity index (χ0) is 23.3. The molecule has 34 heavy (non-hydrogen) atoms. The van der Waals surface area contributed by atoms with Crippen LogP contribution in [0, 0.1) is 18.3 Å². The summed E-state index contributed by atoms with van der Waals surface area (Å²) >= 11 is 0. The summed E-state index contributed by atoms with van der Waals surface area (Å²) in [6, 6.07) is 17.2. The van der Waals surface area contributed by atoms with Gasteiger partial charge in [-0.25, -0.2) is 0 Å². The van der Waals surface area contributed by atoms with Crippen LogP contribution in [0.25, 0.3) is 23.1 Å². The number of nitriles is 1. The van der Waals surface area contributed by atoms with Crippen molar-refractivity contribution in [2.75, 3.05) is 18.4 Å². The Kier molecular flexibility index (Phi) is 6.42. The van der Waals surface area contributed by atoms with Crippen molar-refractivity contribution in [2.24, 2.45) is 0 Å². The molecule has 1 fully saturated rings. The van der Waals surface area contributed by atoms with E-state index in [1.165, 1.54) is 43.3 Å². The molecule has 0 spiro atoms. The monoisotopic (exact) mass is 447 g/mol. The maximum Gasteiger partial charge on any atom is 0.103 e. The number of fused-ring (bicyclic) bond motifs is 1. The normalized spacial score (nSPS) is 14.5. The number of anilines is 2. The van der Waals surface area contributed by atoms with Gasteiger partial charge in [-0.3, -0.25) is 9.88 Å². The lowest BCUT2D eigenvalue weighted by molar-refractivity contribution is 0.221. The summed E-state index contributed by atoms with van der Waals surface area (Å²) in [4.78, 5) is 10.1. The Bertz CT molecular complexity index is 1370. The predicted molar refractivity (Wildman–Crippen MR) is 140 cm³/mol. The highest BCUT2D eigenvalue weighted by atomic mass is 15.1. The highest BCUT2D eigenvalue weighted by molar-refractivity contribution is 5.90. The fourth-order valence-corrected chi connectivity index (χ4v) is 4.74. The molecule has 4 aromatic rings. The molecule has 0 radical (unpaired) electrons. The zero-order valence-electron chi connectivity index (χ0n) is 19.5. The number of nitrogens with one attached hydrogen (secondary N) is 2. The maximum atomic E-state index is 9.74. The van der Waals surface area contributed by atoms with Crippen molar-refractivity contribution in [2.45, 2.75) is 32.7 Å². The average molecular weight is 448 g/mol. The van der Waals surface area contributed by atoms with Gasteiger partial charge < -0.3 is 10.3 Å². The molecule has 2 aromatic carbocycles. The largest absolute Gasteiger partial charge is 0.361 e. The van der Waals surface area contributed by atoms with E-state index in [0.29, 0.717) is 5.56 Å². The molecule has 3 heterocycles. The van der Waals surface area contributed by atoms with Crippen LogP contribution in [0.15, 0.2) is 61.1 Å². The lowest BCUT2D eigenvalue weighted by Gasteiger charge is -2.26. The fraction of sp³-hybridized carbons (Fsp3) is 0.241. The Morgan fingerprint density at radius 1 is 1.09 bits per heavy atom. The first-order valence-corrected chi connectivity index (χ1v) is 11.9. The molecule has 1 saturated heterocycles. The standard InChI is InChI=1S/C29H29N5/c1-21-26-12-13-32-28(26)11-10-27(21)33-29-24(18-31-19-25(29)17-30)9-8-22-6-5-7-23(16-22)20-34-14-3-2-4-15-34/h5-13,16,18-19,32H,2-4,14-15,20H2,1H3,(H,31,33). The number of hydrogen-bond donors (Lipinski definition) is 2. The number of benzene rings is 2. The minimum atomic E-state index is 0.523. The topological polar surface area (TPSA) is 67.7 Å². The Balaban J connectivity index is 1.41. The molecule has 1 aliphatic rings. The van der Waals surface area contributed by atoms with Gasteiger partial charge in [0, 0.05) is 47.3 Å². The smallest absolute Gasteiger partial charge is 0.103 e. The third kappa shape index (κ3) is 4.73. The molecule has 2 N–H and O–H groups in total. The van der Waals surface area contributed by atoms with Gasteiger partial charge in [-0.15, -0.1) is 0 Å². The van der Waals surface area contributed by atoms with Gasteiger partial charge >= 0.3 is 0 Å². The molecule has 5 heteroatoms. The summed E-state index contributed by atoms with van der Waals surface area (Å²) in [7, 11) is 0. The predicted octanol–water partition coefficient (Wildman–Crippen LogP) is 6.64. The van der Waals surface area contributed by atoms with Crippen LogP contribution < -0.4 is 5.32 Å². The second-order valence-electron chi connectivity index (χ2n) is 8.98. The molecule has 0 amide bonds. The van der Waals surface area contributed by atoms with Crippen LogP contribution in [0.4, 0.5) is 11.4 Å². The summed E-state index contributed by atoms with van der Waals surface area (Å²) in [5.41, 5.74) is 7.88. The zero-order valence-corrected chi connectivity index (χ0v) is 19.5. The number of nitrogens with zero attached hydrogens (tertiary/aromatic N) is 3. The van der Waals surface area contributed by atoms with Crippen molar-refractivity contribution >= 4 is 34.4 Å². The number of rotatable bonds is 6. The minimum absolute atomic E-state index is 0.523. The van der Waals surface area contributed by atoms with E-state index in [0.717, 1.165) is 40.1 Å². The van der Waals surface area contributed by atoms with E-state index in [-0.39, 0.29) is 0 Å². The van der Waals surface area contributed by atoms with Gasteiger partial charge in [0.1, 0.15) is 6.07 Å². The lowest BCUT2D eigenvalue weighted by atomic mass is 10.0. The van der Waals surface area contributed by atoms with Gasteiger partial charge in [0.25, 0.3) is 0 Å². The molecular weight excluding hydrogens is 418 g/mol. The molecule has 0 saturated carbocycles. The number of aromatic amines is 1. The Hall–Kier alpha value is -3.88. The highest BCUT2D eigenvalue weighted by Crippen LogP contribution is 2.31. The van der Waals surface area contributed by atoms with Gasteiger partial charge in [0.05, 0.1) is 11.3 Å². The summed E-state index contributed by atoms with van der Waals surface area (Å²) in [5, 5.41) is 14.4. The molecule has 0 atom stereocenters. The quantitative estimate of drug-likeness (QED) is 0.347. The van der Waals surface area contributed by atoms with Crippen LogP contribution in [0.1, 0.15) is 47.1 Å². The molecule has 0 unspecified atom stereocenters. The van der Waals surface area contributed by atoms with Crippen LogP contribution in [0.2, 0.25) is 0 Å². The van der Waals surface area contributed by atoms with Crippen molar-refractivity contribution < 1.29 is 0 Å². The van der Waals surface area contributed by atoms with Crippen LogP contribution in [0.3, 0.4) is 0 Å². The van der Waals surface area contributed by atoms with Gasteiger partial charge in [-0.2, -0.15) is 5.26 Å². The molecule has 170 valence electrons. The number of pyridine rings is 1. The first kappa shape index (κ1) is 21.9. The summed E-state index contributed by atoms with van der Waals surface area (Å²) in [6.45, 7) is 5.47. The van der Waals surface area contributed by atoms with E-state index in [1.54, 1.807) is 12.4 Å². The number of aryl methyl sites for hydroxylation is 1. The van der Waals surface area contributed by atoms with Crippen molar-refractivity contribution in [3.8, 4) is 6.07 Å². The van der Waals surface area contributed by atoms with Crippen molar-refractivity contribution in [1.82, 2.24) is 14.9 Å². The molecule has 5 rings (SSSR count). The second kappa shape index (κ2) is 9.94. The first-order valence-electron chi connectivity index (χ1n) is 11.9. The summed E-state index contributed by atoms with van der Waals surface area (Å²) < 4.78 is 0. The van der Waals surface area contributed by atoms with Crippen molar-refractivity contribution in [3.63, 3.8) is 0 Å². The Morgan fingerprint density at radius 3 is 2.82 bits per heavy atom. The highest BCUT2D eigenvalue weighted by Gasteiger charge is 2.12. The Labute approximate surface area is 200 Å². The lowest BCUT2D eigenvalue weighted by Crippen LogP contribution is -2.29. The summed E-state index contributed by atoms with van der Waals surface area (Å²) in [6.07, 6.45) is 13.5. The third-order valence-corrected chi connectivity index (χ3v) is 6.62. The van der Waals surface area contributed by atoms with Gasteiger partial charge in [0.15, 0.2) is 0 Å². The van der Waals surface area contributed by atoms with Crippen LogP contribution in [-0.4, -0.2) is 28.0 Å². The third-order valence-electron chi connectivity index (χ3n) is 6.62. The van der Waals surface area contributed by atoms with E-state index in [4.69, 9.17) is 0 Å². The van der Waals surface area contributed by atoms with Gasteiger partial charge in [0.2, 0.25) is 0 Å². The molecule has 5 nitrogen and oxygen atoms in total. The van der Waals surface area contributed by atoms with E-state index in [9.17, 15) is 5.26 Å². The van der Waals surface area contributed by atoms with Crippen molar-refractivity contribution in [3.05, 3.63) is 88.9 Å². The molecule has 1 aliphatic heterocycles. The van der Waals surface area contributed by atoms with E-state index in [2.05, 4.69) is 75.7 Å². The van der Waals surface area contributed by atoms with Gasteiger partial charge in [-0.05, 0) is 67.7 Å². The number of piperidine rings is 1. The van der Waals surface area contributed by atoms with E-state index in [1.807, 2.05) is 18.3 Å². The Morgan fingerprint density at radius 2 is 1.97 bits per heavy atom. The average Bonchev–Trinajstić information content (AvgIpc) is 3.35. The second-order valence-corrected chi connectivity index (χ2v) is 8.98. The van der Waals surface area contributed by atoms with Crippen LogP contribution in [-0.2, 0) is 6.54 Å². The molecular formula is C29H29N5. The van der Waals surface area contributed by atoms with Crippen LogP contribution in [0.5, 0.6) is 0 Å². The number of hydrogen-bond acceptors (Lipinski definition) is 4. The molecule has 0 aliphatic carbocycles. The van der Waals surface area contributed by atoms with E-state index >= 15 is 0 Å². The number of likely N-dealkylation sites (tertiary alicyclic amines) is 1.